The van der Waals surface area contributed by atoms with Gasteiger partial charge >= 0.3 is 5.97 Å². The summed E-state index contributed by atoms with van der Waals surface area (Å²) in [5.41, 5.74) is 2.56. The van der Waals surface area contributed by atoms with Gasteiger partial charge in [-0.1, -0.05) is 30.3 Å². The number of fused-ring (bicyclic) bond motifs is 1. The molecule has 0 spiro atoms. The van der Waals surface area contributed by atoms with Crippen LogP contribution in [0.25, 0.3) is 0 Å². The molecule has 5 nitrogen and oxygen atoms in total. The van der Waals surface area contributed by atoms with Gasteiger partial charge in [0.2, 0.25) is 5.91 Å². The summed E-state index contributed by atoms with van der Waals surface area (Å²) in [5.74, 6) is -1.28. The number of aromatic carboxylic acids is 1. The van der Waals surface area contributed by atoms with Gasteiger partial charge in [-0.2, -0.15) is 0 Å². The van der Waals surface area contributed by atoms with Gasteiger partial charge in [0.1, 0.15) is 6.04 Å². The van der Waals surface area contributed by atoms with Gasteiger partial charge in [-0.25, -0.2) is 4.79 Å². The molecule has 1 heterocycles. The SMILES string of the molecule is O=C(O)c1ccccc1NC(=O)C1CCc2ccccc2N1. The number of anilines is 2. The standard InChI is InChI=1S/C17H16N2O3/c20-16(19-14-8-4-2-6-12(14)17(21)22)15-10-9-11-5-1-3-7-13(11)18-15/h1-8,15,18H,9-10H2,(H,19,20)(H,21,22). The lowest BCUT2D eigenvalue weighted by molar-refractivity contribution is -0.117. The summed E-state index contributed by atoms with van der Waals surface area (Å²) >= 11 is 0. The van der Waals surface area contributed by atoms with Crippen molar-refractivity contribution in [1.82, 2.24) is 0 Å². The number of carbonyl (C=O) groups is 2. The molecule has 22 heavy (non-hydrogen) atoms. The van der Waals surface area contributed by atoms with Gasteiger partial charge in [0.25, 0.3) is 0 Å². The number of carbonyl (C=O) groups excluding carboxylic acids is 1. The summed E-state index contributed by atoms with van der Waals surface area (Å²) in [6, 6.07) is 13.9. The third kappa shape index (κ3) is 2.79. The van der Waals surface area contributed by atoms with Crippen molar-refractivity contribution >= 4 is 23.3 Å². The van der Waals surface area contributed by atoms with Crippen LogP contribution in [0.5, 0.6) is 0 Å². The lowest BCUT2D eigenvalue weighted by atomic mass is 9.97. The molecule has 0 saturated carbocycles. The first-order valence-electron chi connectivity index (χ1n) is 7.13. The average molecular weight is 296 g/mol. The first-order valence-corrected chi connectivity index (χ1v) is 7.13. The number of carboxylic acids is 1. The zero-order chi connectivity index (χ0) is 15.5. The monoisotopic (exact) mass is 296 g/mol. The predicted octanol–water partition coefficient (Wildman–Crippen LogP) is 2.75. The van der Waals surface area contributed by atoms with Gasteiger partial charge in [0.05, 0.1) is 11.3 Å². The number of amides is 1. The molecule has 1 aliphatic heterocycles. The molecule has 3 rings (SSSR count). The summed E-state index contributed by atoms with van der Waals surface area (Å²) < 4.78 is 0. The van der Waals surface area contributed by atoms with Crippen molar-refractivity contribution in [3.8, 4) is 0 Å². The number of benzene rings is 2. The summed E-state index contributed by atoms with van der Waals surface area (Å²) in [5, 5.41) is 15.1. The van der Waals surface area contributed by atoms with E-state index in [2.05, 4.69) is 10.6 Å². The van der Waals surface area contributed by atoms with E-state index in [1.165, 1.54) is 11.6 Å². The molecule has 0 aliphatic carbocycles. The maximum Gasteiger partial charge on any atom is 0.337 e. The van der Waals surface area contributed by atoms with Crippen LogP contribution in [0.1, 0.15) is 22.3 Å². The lowest BCUT2D eigenvalue weighted by Gasteiger charge is -2.26. The Labute approximate surface area is 128 Å². The minimum atomic E-state index is -1.06. The van der Waals surface area contributed by atoms with E-state index in [-0.39, 0.29) is 17.5 Å². The van der Waals surface area contributed by atoms with Crippen molar-refractivity contribution in [2.75, 3.05) is 10.6 Å². The van der Waals surface area contributed by atoms with Crippen LogP contribution in [0.2, 0.25) is 0 Å². The molecule has 2 aromatic rings. The highest BCUT2D eigenvalue weighted by Crippen LogP contribution is 2.25. The minimum Gasteiger partial charge on any atom is -0.478 e. The zero-order valence-electron chi connectivity index (χ0n) is 11.9. The average Bonchev–Trinajstić information content (AvgIpc) is 2.54. The summed E-state index contributed by atoms with van der Waals surface area (Å²) in [6.45, 7) is 0. The van der Waals surface area contributed by atoms with Crippen LogP contribution in [0.3, 0.4) is 0 Å². The summed E-state index contributed by atoms with van der Waals surface area (Å²) in [7, 11) is 0. The molecule has 0 bridgehead atoms. The molecule has 1 atom stereocenters. The van der Waals surface area contributed by atoms with Crippen molar-refractivity contribution in [3.05, 3.63) is 59.7 Å². The maximum atomic E-state index is 12.4. The molecule has 0 saturated heterocycles. The summed E-state index contributed by atoms with van der Waals surface area (Å²) in [6.07, 6.45) is 1.50. The molecule has 0 aromatic heterocycles. The lowest BCUT2D eigenvalue weighted by Crippen LogP contribution is -2.37. The second-order valence-electron chi connectivity index (χ2n) is 5.23. The fourth-order valence-electron chi connectivity index (χ4n) is 2.63. The highest BCUT2D eigenvalue weighted by molar-refractivity contribution is 6.03. The minimum absolute atomic E-state index is 0.0899. The van der Waals surface area contributed by atoms with Crippen LogP contribution < -0.4 is 10.6 Å². The molecular formula is C17H16N2O3. The Kier molecular flexibility index (Phi) is 3.78. The Balaban J connectivity index is 1.75. The van der Waals surface area contributed by atoms with E-state index in [1.807, 2.05) is 24.3 Å². The molecule has 0 radical (unpaired) electrons. The first kappa shape index (κ1) is 14.1. The highest BCUT2D eigenvalue weighted by Gasteiger charge is 2.24. The molecule has 112 valence electrons. The van der Waals surface area contributed by atoms with E-state index in [0.717, 1.165) is 12.1 Å². The van der Waals surface area contributed by atoms with E-state index < -0.39 is 5.97 Å². The van der Waals surface area contributed by atoms with Gasteiger partial charge in [-0.15, -0.1) is 0 Å². The number of nitrogens with one attached hydrogen (secondary N) is 2. The van der Waals surface area contributed by atoms with E-state index in [1.54, 1.807) is 18.2 Å². The normalized spacial score (nSPS) is 16.3. The Morgan fingerprint density at radius 3 is 2.64 bits per heavy atom. The fourth-order valence-corrected chi connectivity index (χ4v) is 2.63. The Morgan fingerprint density at radius 1 is 1.09 bits per heavy atom. The molecular weight excluding hydrogens is 280 g/mol. The topological polar surface area (TPSA) is 78.4 Å². The van der Waals surface area contributed by atoms with Crippen LogP contribution in [-0.2, 0) is 11.2 Å². The van der Waals surface area contributed by atoms with E-state index in [9.17, 15) is 9.59 Å². The Hall–Kier alpha value is -2.82. The van der Waals surface area contributed by atoms with Crippen molar-refractivity contribution in [3.63, 3.8) is 0 Å². The first-order chi connectivity index (χ1) is 10.6. The van der Waals surface area contributed by atoms with Crippen LogP contribution in [-0.4, -0.2) is 23.0 Å². The molecule has 3 N–H and O–H groups in total. The zero-order valence-corrected chi connectivity index (χ0v) is 11.9. The summed E-state index contributed by atoms with van der Waals surface area (Å²) in [4.78, 5) is 23.6. The third-order valence-corrected chi connectivity index (χ3v) is 3.78. The van der Waals surface area contributed by atoms with Crippen molar-refractivity contribution in [2.45, 2.75) is 18.9 Å². The smallest absolute Gasteiger partial charge is 0.337 e. The van der Waals surface area contributed by atoms with E-state index in [0.29, 0.717) is 12.1 Å². The van der Waals surface area contributed by atoms with Crippen LogP contribution in [0.4, 0.5) is 11.4 Å². The van der Waals surface area contributed by atoms with Gasteiger partial charge in [0.15, 0.2) is 0 Å². The Morgan fingerprint density at radius 2 is 1.82 bits per heavy atom. The van der Waals surface area contributed by atoms with E-state index in [4.69, 9.17) is 5.11 Å². The van der Waals surface area contributed by atoms with Crippen LogP contribution in [0.15, 0.2) is 48.5 Å². The number of hydrogen-bond donors (Lipinski definition) is 3. The third-order valence-electron chi connectivity index (χ3n) is 3.78. The number of rotatable bonds is 3. The number of para-hydroxylation sites is 2. The predicted molar refractivity (Wildman–Crippen MR) is 84.2 cm³/mol. The van der Waals surface area contributed by atoms with Gasteiger partial charge in [0, 0.05) is 5.69 Å². The van der Waals surface area contributed by atoms with Crippen LogP contribution >= 0.6 is 0 Å². The van der Waals surface area contributed by atoms with Crippen molar-refractivity contribution in [1.29, 1.82) is 0 Å². The van der Waals surface area contributed by atoms with E-state index >= 15 is 0 Å². The Bertz CT molecular complexity index is 727. The number of aryl methyl sites for hydroxylation is 1. The number of carboxylic acid groups (broad SMARTS) is 1. The number of hydrogen-bond acceptors (Lipinski definition) is 3. The molecule has 1 amide bonds. The molecule has 5 heteroatoms. The molecule has 2 aromatic carbocycles. The second-order valence-corrected chi connectivity index (χ2v) is 5.23. The van der Waals surface area contributed by atoms with Crippen LogP contribution in [0, 0.1) is 0 Å². The quantitative estimate of drug-likeness (QED) is 0.814. The van der Waals surface area contributed by atoms with Crippen molar-refractivity contribution in [2.24, 2.45) is 0 Å². The van der Waals surface area contributed by atoms with Crippen molar-refractivity contribution < 1.29 is 14.7 Å². The maximum absolute atomic E-state index is 12.4. The molecule has 0 fully saturated rings. The largest absolute Gasteiger partial charge is 0.478 e. The second kappa shape index (κ2) is 5.89. The molecule has 1 aliphatic rings. The molecule has 1 unspecified atom stereocenters. The van der Waals surface area contributed by atoms with Gasteiger partial charge < -0.3 is 15.7 Å². The fraction of sp³-hybridized carbons (Fsp3) is 0.176. The van der Waals surface area contributed by atoms with Gasteiger partial charge in [-0.3, -0.25) is 4.79 Å². The highest BCUT2D eigenvalue weighted by atomic mass is 16.4. The van der Waals surface area contributed by atoms with Gasteiger partial charge in [-0.05, 0) is 36.6 Å².